The van der Waals surface area contributed by atoms with Crippen molar-refractivity contribution < 1.29 is 19.1 Å². The first-order valence-electron chi connectivity index (χ1n) is 10.7. The molecule has 0 unspecified atom stereocenters. The van der Waals surface area contributed by atoms with Gasteiger partial charge in [0.05, 0.1) is 31.1 Å². The van der Waals surface area contributed by atoms with E-state index in [1.165, 1.54) is 6.21 Å². The molecule has 10 heteroatoms. The zero-order valence-corrected chi connectivity index (χ0v) is 21.3. The molecule has 0 saturated carbocycles. The van der Waals surface area contributed by atoms with Gasteiger partial charge in [-0.05, 0) is 62.2 Å². The van der Waals surface area contributed by atoms with Gasteiger partial charge in [-0.1, -0.05) is 29.3 Å². The Morgan fingerprint density at radius 3 is 2.43 bits per heavy atom. The normalized spacial score (nSPS) is 10.9. The minimum Gasteiger partial charge on any atom is -0.493 e. The van der Waals surface area contributed by atoms with Crippen LogP contribution in [0.15, 0.2) is 47.6 Å². The van der Waals surface area contributed by atoms with E-state index in [0.717, 1.165) is 28.2 Å². The molecule has 0 fully saturated rings. The Morgan fingerprint density at radius 2 is 1.74 bits per heavy atom. The van der Waals surface area contributed by atoms with Crippen LogP contribution in [0.5, 0.6) is 11.5 Å². The van der Waals surface area contributed by atoms with E-state index in [4.69, 9.17) is 32.7 Å². The van der Waals surface area contributed by atoms with Gasteiger partial charge in [0.15, 0.2) is 11.5 Å². The predicted octanol–water partition coefficient (Wildman–Crippen LogP) is 4.23. The fourth-order valence-corrected chi connectivity index (χ4v) is 4.09. The highest BCUT2D eigenvalue weighted by molar-refractivity contribution is 6.36. The van der Waals surface area contributed by atoms with E-state index in [0.29, 0.717) is 28.0 Å². The fourth-order valence-electron chi connectivity index (χ4n) is 3.60. The predicted molar refractivity (Wildman–Crippen MR) is 137 cm³/mol. The number of carbonyl (C=O) groups excluding carboxylic acids is 2. The van der Waals surface area contributed by atoms with Gasteiger partial charge in [-0.25, -0.2) is 5.43 Å². The average Bonchev–Trinajstić information content (AvgIpc) is 3.11. The van der Waals surface area contributed by atoms with Crippen LogP contribution in [0, 0.1) is 13.8 Å². The van der Waals surface area contributed by atoms with Gasteiger partial charge in [0.25, 0.3) is 0 Å². The van der Waals surface area contributed by atoms with Crippen molar-refractivity contribution in [3.05, 3.63) is 75.0 Å². The molecule has 2 N–H and O–H groups in total. The Kier molecular flexibility index (Phi) is 8.78. The van der Waals surface area contributed by atoms with Crippen molar-refractivity contribution in [2.45, 2.75) is 20.3 Å². The molecular formula is C25H26Cl2N4O4. The number of methoxy groups -OCH3 is 2. The summed E-state index contributed by atoms with van der Waals surface area (Å²) in [5, 5.41) is 7.57. The first kappa shape index (κ1) is 26.1. The van der Waals surface area contributed by atoms with Crippen molar-refractivity contribution in [2.75, 3.05) is 20.8 Å². The number of aryl methyl sites for hydroxylation is 1. The second kappa shape index (κ2) is 11.8. The molecule has 3 aromatic rings. The Morgan fingerprint density at radius 1 is 1.00 bits per heavy atom. The van der Waals surface area contributed by atoms with Crippen LogP contribution in [0.2, 0.25) is 10.0 Å². The monoisotopic (exact) mass is 516 g/mol. The number of nitrogens with zero attached hydrogens (tertiary/aromatic N) is 2. The summed E-state index contributed by atoms with van der Waals surface area (Å²) in [5.41, 5.74) is 6.52. The highest BCUT2D eigenvalue weighted by Gasteiger charge is 2.14. The first-order chi connectivity index (χ1) is 16.7. The van der Waals surface area contributed by atoms with Gasteiger partial charge in [-0.3, -0.25) is 9.59 Å². The smallest absolute Gasteiger partial charge is 0.329 e. The van der Waals surface area contributed by atoms with Crippen LogP contribution < -0.4 is 20.2 Å². The third-order valence-corrected chi connectivity index (χ3v) is 5.88. The highest BCUT2D eigenvalue weighted by atomic mass is 35.5. The average molecular weight is 517 g/mol. The van der Waals surface area contributed by atoms with Crippen LogP contribution in [0.4, 0.5) is 0 Å². The molecule has 2 amide bonds. The molecule has 8 nitrogen and oxygen atoms in total. The van der Waals surface area contributed by atoms with Crippen LogP contribution >= 0.6 is 23.2 Å². The quantitative estimate of drug-likeness (QED) is 0.266. The molecule has 2 aromatic carbocycles. The molecule has 1 heterocycles. The van der Waals surface area contributed by atoms with Crippen molar-refractivity contribution in [3.63, 3.8) is 0 Å². The number of hydrogen-bond acceptors (Lipinski definition) is 5. The summed E-state index contributed by atoms with van der Waals surface area (Å²) in [4.78, 5) is 24.2. The van der Waals surface area contributed by atoms with Crippen LogP contribution in [-0.2, 0) is 16.0 Å². The minimum atomic E-state index is -0.858. The number of carbonyl (C=O) groups is 2. The van der Waals surface area contributed by atoms with Gasteiger partial charge in [0, 0.05) is 28.5 Å². The van der Waals surface area contributed by atoms with Crippen molar-refractivity contribution in [1.29, 1.82) is 0 Å². The molecule has 0 radical (unpaired) electrons. The van der Waals surface area contributed by atoms with E-state index < -0.39 is 11.8 Å². The molecular weight excluding hydrogens is 491 g/mol. The molecule has 0 spiro atoms. The maximum absolute atomic E-state index is 12.1. The van der Waals surface area contributed by atoms with Crippen LogP contribution in [-0.4, -0.2) is 43.4 Å². The van der Waals surface area contributed by atoms with Gasteiger partial charge in [-0.2, -0.15) is 5.10 Å². The topological polar surface area (TPSA) is 94.0 Å². The number of hydrogen-bond donors (Lipinski definition) is 2. The lowest BCUT2D eigenvalue weighted by Crippen LogP contribution is -2.38. The van der Waals surface area contributed by atoms with Gasteiger partial charge in [0.1, 0.15) is 0 Å². The van der Waals surface area contributed by atoms with Crippen molar-refractivity contribution >= 4 is 41.2 Å². The summed E-state index contributed by atoms with van der Waals surface area (Å²) in [5.74, 6) is -0.417. The molecule has 0 atom stereocenters. The summed E-state index contributed by atoms with van der Waals surface area (Å²) >= 11 is 12.4. The summed E-state index contributed by atoms with van der Waals surface area (Å²) in [6, 6.07) is 12.6. The van der Waals surface area contributed by atoms with Gasteiger partial charge >= 0.3 is 11.8 Å². The van der Waals surface area contributed by atoms with Crippen LogP contribution in [0.25, 0.3) is 5.69 Å². The summed E-state index contributed by atoms with van der Waals surface area (Å²) < 4.78 is 12.4. The molecule has 3 rings (SSSR count). The lowest BCUT2D eigenvalue weighted by atomic mass is 10.1. The third-order valence-electron chi connectivity index (χ3n) is 5.34. The SMILES string of the molecule is COc1ccc(CCNC(=O)C(=O)N/N=C\c2cc(C)n(-c3ccc(Cl)cc3Cl)c2C)cc1OC. The summed E-state index contributed by atoms with van der Waals surface area (Å²) in [6.45, 7) is 4.11. The molecule has 0 bridgehead atoms. The van der Waals surface area contributed by atoms with Crippen LogP contribution in [0.1, 0.15) is 22.5 Å². The molecule has 184 valence electrons. The number of amides is 2. The molecule has 0 aliphatic carbocycles. The van der Waals surface area contributed by atoms with Gasteiger partial charge in [-0.15, -0.1) is 0 Å². The Bertz CT molecular complexity index is 1270. The molecule has 0 saturated heterocycles. The van der Waals surface area contributed by atoms with Gasteiger partial charge < -0.3 is 19.4 Å². The van der Waals surface area contributed by atoms with Crippen LogP contribution in [0.3, 0.4) is 0 Å². The van der Waals surface area contributed by atoms with E-state index in [1.807, 2.05) is 42.7 Å². The number of nitrogens with one attached hydrogen (secondary N) is 2. The van der Waals surface area contributed by atoms with Crippen molar-refractivity contribution in [2.24, 2.45) is 5.10 Å². The summed E-state index contributed by atoms with van der Waals surface area (Å²) in [7, 11) is 3.12. The van der Waals surface area contributed by atoms with Crippen molar-refractivity contribution in [1.82, 2.24) is 15.3 Å². The lowest BCUT2D eigenvalue weighted by Gasteiger charge is -2.11. The Hall–Kier alpha value is -3.49. The van der Waals surface area contributed by atoms with E-state index >= 15 is 0 Å². The summed E-state index contributed by atoms with van der Waals surface area (Å²) in [6.07, 6.45) is 2.00. The van der Waals surface area contributed by atoms with E-state index in [2.05, 4.69) is 15.8 Å². The maximum atomic E-state index is 12.1. The maximum Gasteiger partial charge on any atom is 0.329 e. The number of hydrazone groups is 1. The number of aromatic nitrogens is 1. The van der Waals surface area contributed by atoms with Gasteiger partial charge in [0.2, 0.25) is 0 Å². The second-order valence-corrected chi connectivity index (χ2v) is 8.50. The highest BCUT2D eigenvalue weighted by Crippen LogP contribution is 2.29. The first-order valence-corrected chi connectivity index (χ1v) is 11.5. The number of halogens is 2. The third kappa shape index (κ3) is 6.35. The van der Waals surface area contributed by atoms with E-state index in [-0.39, 0.29) is 6.54 Å². The van der Waals surface area contributed by atoms with Crippen molar-refractivity contribution in [3.8, 4) is 17.2 Å². The number of ether oxygens (including phenoxy) is 2. The second-order valence-electron chi connectivity index (χ2n) is 7.65. The Balaban J connectivity index is 1.56. The standard InChI is InChI=1S/C25H26Cl2N4O4/c1-15-11-18(16(2)31(15)21-7-6-19(26)13-20(21)27)14-29-30-25(33)24(32)28-10-9-17-5-8-22(34-3)23(12-17)35-4/h5-8,11-14H,9-10H2,1-4H3,(H,28,32)(H,30,33)/b29-14-. The molecule has 35 heavy (non-hydrogen) atoms. The number of rotatable bonds is 8. The molecule has 0 aliphatic heterocycles. The molecule has 1 aromatic heterocycles. The molecule has 0 aliphatic rings. The largest absolute Gasteiger partial charge is 0.493 e. The minimum absolute atomic E-state index is 0.272. The number of benzene rings is 2. The van der Waals surface area contributed by atoms with E-state index in [1.54, 1.807) is 32.4 Å². The zero-order valence-electron chi connectivity index (χ0n) is 19.8. The fraction of sp³-hybridized carbons (Fsp3) is 0.240. The lowest BCUT2D eigenvalue weighted by molar-refractivity contribution is -0.139. The van der Waals surface area contributed by atoms with E-state index in [9.17, 15) is 9.59 Å². The zero-order chi connectivity index (χ0) is 25.5. The Labute approximate surface area is 213 Å².